The fraction of sp³-hybridized carbons (Fsp3) is 0.417. The van der Waals surface area contributed by atoms with Gasteiger partial charge in [-0.2, -0.15) is 0 Å². The minimum Gasteiger partial charge on any atom is -0.399 e. The maximum absolute atomic E-state index is 11.8. The second-order valence-electron chi connectivity index (χ2n) is 4.17. The van der Waals surface area contributed by atoms with Crippen LogP contribution >= 0.6 is 0 Å². The second-order valence-corrected chi connectivity index (χ2v) is 6.19. The Bertz CT molecular complexity index is 538. The molecule has 0 bridgehead atoms. The fourth-order valence-electron chi connectivity index (χ4n) is 1.45. The summed E-state index contributed by atoms with van der Waals surface area (Å²) in [6.45, 7) is 2.59. The normalized spacial score (nSPS) is 11.2. The van der Waals surface area contributed by atoms with E-state index in [1.165, 1.54) is 18.2 Å². The van der Waals surface area contributed by atoms with Gasteiger partial charge in [0.15, 0.2) is 9.84 Å². The first-order valence-corrected chi connectivity index (χ1v) is 7.62. The fourth-order valence-corrected chi connectivity index (χ4v) is 2.14. The van der Waals surface area contributed by atoms with E-state index < -0.39 is 9.84 Å². The van der Waals surface area contributed by atoms with Crippen LogP contribution in [0.3, 0.4) is 0 Å². The van der Waals surface area contributed by atoms with E-state index in [0.29, 0.717) is 6.54 Å². The van der Waals surface area contributed by atoms with Gasteiger partial charge in [-0.3, -0.25) is 4.79 Å². The van der Waals surface area contributed by atoms with Crippen LogP contribution in [0.2, 0.25) is 0 Å². The third-order valence-electron chi connectivity index (χ3n) is 2.44. The van der Waals surface area contributed by atoms with Gasteiger partial charge in [-0.1, -0.05) is 13.3 Å². The number of unbranched alkanes of at least 4 members (excludes halogenated alkanes) is 1. The largest absolute Gasteiger partial charge is 0.399 e. The molecule has 0 saturated carbocycles. The Morgan fingerprint density at radius 3 is 2.56 bits per heavy atom. The minimum atomic E-state index is -3.37. The average Bonchev–Trinajstić information content (AvgIpc) is 2.27. The molecule has 18 heavy (non-hydrogen) atoms. The molecule has 1 aromatic carbocycles. The van der Waals surface area contributed by atoms with Gasteiger partial charge in [0.1, 0.15) is 0 Å². The first kappa shape index (κ1) is 14.5. The highest BCUT2D eigenvalue weighted by Crippen LogP contribution is 2.16. The Morgan fingerprint density at radius 2 is 2.00 bits per heavy atom. The van der Waals surface area contributed by atoms with Gasteiger partial charge in [0.05, 0.1) is 4.90 Å². The first-order chi connectivity index (χ1) is 8.34. The number of sulfone groups is 1. The van der Waals surface area contributed by atoms with Crippen molar-refractivity contribution in [2.24, 2.45) is 0 Å². The zero-order chi connectivity index (χ0) is 13.8. The van der Waals surface area contributed by atoms with Crippen LogP contribution in [0.1, 0.15) is 30.1 Å². The molecule has 1 rings (SSSR count). The lowest BCUT2D eigenvalue weighted by atomic mass is 10.2. The van der Waals surface area contributed by atoms with Gasteiger partial charge in [0, 0.05) is 24.1 Å². The number of rotatable bonds is 5. The molecule has 5 nitrogen and oxygen atoms in total. The predicted octanol–water partition coefficient (Wildman–Crippen LogP) is 1.20. The molecule has 0 aromatic heterocycles. The molecule has 100 valence electrons. The van der Waals surface area contributed by atoms with Gasteiger partial charge in [-0.15, -0.1) is 0 Å². The van der Waals surface area contributed by atoms with E-state index in [1.54, 1.807) is 0 Å². The molecule has 0 saturated heterocycles. The van der Waals surface area contributed by atoms with Crippen molar-refractivity contribution in [1.29, 1.82) is 0 Å². The van der Waals surface area contributed by atoms with Crippen LogP contribution in [0.15, 0.2) is 23.1 Å². The summed E-state index contributed by atoms with van der Waals surface area (Å²) in [5, 5.41) is 2.72. The van der Waals surface area contributed by atoms with Crippen molar-refractivity contribution in [3.8, 4) is 0 Å². The van der Waals surface area contributed by atoms with Gasteiger partial charge >= 0.3 is 0 Å². The number of hydrogen-bond acceptors (Lipinski definition) is 4. The Balaban J connectivity index is 2.96. The van der Waals surface area contributed by atoms with Crippen LogP contribution in [-0.4, -0.2) is 27.1 Å². The van der Waals surface area contributed by atoms with Crippen LogP contribution in [0.4, 0.5) is 5.69 Å². The SMILES string of the molecule is CCCCNC(=O)c1cc(N)cc(S(C)(=O)=O)c1. The summed E-state index contributed by atoms with van der Waals surface area (Å²) in [4.78, 5) is 11.8. The van der Waals surface area contributed by atoms with Crippen molar-refractivity contribution in [3.05, 3.63) is 23.8 Å². The van der Waals surface area contributed by atoms with E-state index in [1.807, 2.05) is 6.92 Å². The Labute approximate surface area is 107 Å². The zero-order valence-corrected chi connectivity index (χ0v) is 11.4. The van der Waals surface area contributed by atoms with Gasteiger partial charge in [-0.05, 0) is 24.6 Å². The highest BCUT2D eigenvalue weighted by molar-refractivity contribution is 7.90. The molecule has 6 heteroatoms. The molecule has 0 aliphatic heterocycles. The molecule has 0 aliphatic rings. The Hall–Kier alpha value is -1.56. The van der Waals surface area contributed by atoms with Crippen LogP contribution in [-0.2, 0) is 9.84 Å². The van der Waals surface area contributed by atoms with Crippen molar-refractivity contribution in [1.82, 2.24) is 5.32 Å². The van der Waals surface area contributed by atoms with Crippen molar-refractivity contribution in [2.75, 3.05) is 18.5 Å². The zero-order valence-electron chi connectivity index (χ0n) is 10.6. The lowest BCUT2D eigenvalue weighted by molar-refractivity contribution is 0.0953. The predicted molar refractivity (Wildman–Crippen MR) is 71.2 cm³/mol. The standard InChI is InChI=1S/C12H18N2O3S/c1-3-4-5-14-12(15)9-6-10(13)8-11(7-9)18(2,16)17/h6-8H,3-5,13H2,1-2H3,(H,14,15). The summed E-state index contributed by atoms with van der Waals surface area (Å²) < 4.78 is 22.9. The summed E-state index contributed by atoms with van der Waals surface area (Å²) >= 11 is 0. The number of nitrogens with one attached hydrogen (secondary N) is 1. The quantitative estimate of drug-likeness (QED) is 0.621. The van der Waals surface area contributed by atoms with E-state index in [0.717, 1.165) is 19.1 Å². The van der Waals surface area contributed by atoms with Crippen LogP contribution < -0.4 is 11.1 Å². The molecule has 0 spiro atoms. The number of hydrogen-bond donors (Lipinski definition) is 2. The van der Waals surface area contributed by atoms with Gasteiger partial charge in [0.2, 0.25) is 0 Å². The van der Waals surface area contributed by atoms with E-state index in [-0.39, 0.29) is 22.1 Å². The molecule has 0 radical (unpaired) electrons. The monoisotopic (exact) mass is 270 g/mol. The maximum Gasteiger partial charge on any atom is 0.251 e. The third-order valence-corrected chi connectivity index (χ3v) is 3.53. The van der Waals surface area contributed by atoms with Crippen molar-refractivity contribution in [3.63, 3.8) is 0 Å². The average molecular weight is 270 g/mol. The Morgan fingerprint density at radius 1 is 1.33 bits per heavy atom. The summed E-state index contributed by atoms with van der Waals surface area (Å²) in [5.41, 5.74) is 6.14. The number of nitrogens with two attached hydrogens (primary N) is 1. The van der Waals surface area contributed by atoms with Gasteiger partial charge < -0.3 is 11.1 Å². The number of carbonyl (C=O) groups is 1. The molecular weight excluding hydrogens is 252 g/mol. The van der Waals surface area contributed by atoms with Crippen LogP contribution in [0.25, 0.3) is 0 Å². The highest BCUT2D eigenvalue weighted by Gasteiger charge is 2.13. The summed E-state index contributed by atoms with van der Waals surface area (Å²) in [5.74, 6) is -0.305. The van der Waals surface area contributed by atoms with Gasteiger partial charge in [-0.25, -0.2) is 8.42 Å². The smallest absolute Gasteiger partial charge is 0.251 e. The highest BCUT2D eigenvalue weighted by atomic mass is 32.2. The summed E-state index contributed by atoms with van der Waals surface area (Å²) in [6, 6.07) is 4.15. The maximum atomic E-state index is 11.8. The molecule has 1 aromatic rings. The first-order valence-electron chi connectivity index (χ1n) is 5.73. The van der Waals surface area contributed by atoms with Gasteiger partial charge in [0.25, 0.3) is 5.91 Å². The van der Waals surface area contributed by atoms with Crippen molar-refractivity contribution < 1.29 is 13.2 Å². The van der Waals surface area contributed by atoms with E-state index >= 15 is 0 Å². The third kappa shape index (κ3) is 4.03. The van der Waals surface area contributed by atoms with Crippen molar-refractivity contribution in [2.45, 2.75) is 24.7 Å². The minimum absolute atomic E-state index is 0.0585. The second kappa shape index (κ2) is 5.86. The molecule has 3 N–H and O–H groups in total. The number of anilines is 1. The molecule has 1 amide bonds. The van der Waals surface area contributed by atoms with Crippen molar-refractivity contribution >= 4 is 21.4 Å². The summed E-state index contributed by atoms with van der Waals surface area (Å²) in [7, 11) is -3.37. The number of amides is 1. The lowest BCUT2D eigenvalue weighted by Gasteiger charge is -2.07. The van der Waals surface area contributed by atoms with E-state index in [9.17, 15) is 13.2 Å². The molecule has 0 fully saturated rings. The van der Waals surface area contributed by atoms with E-state index in [2.05, 4.69) is 5.32 Å². The molecular formula is C12H18N2O3S. The van der Waals surface area contributed by atoms with Crippen LogP contribution in [0.5, 0.6) is 0 Å². The molecule has 0 unspecified atom stereocenters. The number of carbonyl (C=O) groups excluding carboxylic acids is 1. The topological polar surface area (TPSA) is 89.3 Å². The lowest BCUT2D eigenvalue weighted by Crippen LogP contribution is -2.24. The molecule has 0 aliphatic carbocycles. The number of benzene rings is 1. The Kier molecular flexibility index (Phi) is 4.72. The van der Waals surface area contributed by atoms with Crippen LogP contribution in [0, 0.1) is 0 Å². The van der Waals surface area contributed by atoms with E-state index in [4.69, 9.17) is 5.73 Å². The number of nitrogen functional groups attached to an aromatic ring is 1. The summed E-state index contributed by atoms with van der Waals surface area (Å²) in [6.07, 6.45) is 2.94. The molecule has 0 atom stereocenters. The molecule has 0 heterocycles.